The largest absolute Gasteiger partial charge is 0.481 e. The van der Waals surface area contributed by atoms with Gasteiger partial charge in [-0.25, -0.2) is 4.79 Å². The highest BCUT2D eigenvalue weighted by Gasteiger charge is 2.33. The van der Waals surface area contributed by atoms with Crippen molar-refractivity contribution >= 4 is 23.9 Å². The fourth-order valence-corrected chi connectivity index (χ4v) is 3.69. The summed E-state index contributed by atoms with van der Waals surface area (Å²) in [6, 6.07) is 24.0. The molecule has 3 amide bonds. The highest BCUT2D eigenvalue weighted by atomic mass is 16.5. The third-order valence-corrected chi connectivity index (χ3v) is 5.82. The molecule has 0 saturated carbocycles. The van der Waals surface area contributed by atoms with Gasteiger partial charge in [-0.2, -0.15) is 0 Å². The number of carbonyl (C=O) groups excluding carboxylic acids is 3. The molecule has 0 heterocycles. The van der Waals surface area contributed by atoms with E-state index in [1.807, 2.05) is 36.4 Å². The maximum atomic E-state index is 13.0. The molecule has 0 aliphatic rings. The molecule has 0 aliphatic carbocycles. The Hall–Kier alpha value is -4.54. The summed E-state index contributed by atoms with van der Waals surface area (Å²) in [6.07, 6.45) is -0.999. The van der Waals surface area contributed by atoms with E-state index in [2.05, 4.69) is 10.6 Å². The molecule has 3 aromatic rings. The molecule has 3 atom stereocenters. The van der Waals surface area contributed by atoms with E-state index in [9.17, 15) is 24.3 Å². The fourth-order valence-electron chi connectivity index (χ4n) is 3.69. The second-order valence-electron chi connectivity index (χ2n) is 8.77. The first kappa shape index (κ1) is 29.0. The molecule has 0 radical (unpaired) electrons. The van der Waals surface area contributed by atoms with Gasteiger partial charge in [0.15, 0.2) is 0 Å². The average Bonchev–Trinajstić information content (AvgIpc) is 2.95. The topological polar surface area (TPSA) is 157 Å². The molecule has 10 nitrogen and oxygen atoms in total. The van der Waals surface area contributed by atoms with Crippen molar-refractivity contribution in [1.82, 2.24) is 10.6 Å². The molecule has 5 N–H and O–H groups in total. The molecule has 1 unspecified atom stereocenters. The van der Waals surface area contributed by atoms with Crippen LogP contribution in [0.15, 0.2) is 91.0 Å². The number of imide groups is 1. The zero-order chi connectivity index (χ0) is 28.0. The minimum Gasteiger partial charge on any atom is -0.481 e. The second-order valence-corrected chi connectivity index (χ2v) is 8.77. The van der Waals surface area contributed by atoms with Crippen LogP contribution in [0.1, 0.15) is 16.7 Å². The maximum absolute atomic E-state index is 13.0. The van der Waals surface area contributed by atoms with Crippen LogP contribution in [0.2, 0.25) is 0 Å². The van der Waals surface area contributed by atoms with E-state index >= 15 is 0 Å². The minimum atomic E-state index is -1.47. The first-order chi connectivity index (χ1) is 18.8. The Balaban J connectivity index is 1.64. The van der Waals surface area contributed by atoms with Crippen molar-refractivity contribution in [2.75, 3.05) is 6.61 Å². The SMILES string of the molecule is N[C@H](C(=O)N[C@H](COCc1ccccc1)C(=O)NC(=O)OCc1ccccc1)C(Cc1ccccc1)C(=O)O. The third kappa shape index (κ3) is 9.69. The predicted molar refractivity (Wildman–Crippen MR) is 142 cm³/mol. The van der Waals surface area contributed by atoms with E-state index in [1.54, 1.807) is 54.6 Å². The molecule has 0 spiro atoms. The third-order valence-electron chi connectivity index (χ3n) is 5.82. The number of aliphatic carboxylic acids is 1. The van der Waals surface area contributed by atoms with Crippen molar-refractivity contribution in [3.8, 4) is 0 Å². The number of benzene rings is 3. The van der Waals surface area contributed by atoms with E-state index in [1.165, 1.54) is 0 Å². The lowest BCUT2D eigenvalue weighted by atomic mass is 9.92. The Kier molecular flexibility index (Phi) is 11.2. The van der Waals surface area contributed by atoms with Crippen LogP contribution in [0.5, 0.6) is 0 Å². The Bertz CT molecular complexity index is 1220. The molecular weight excluding hydrogens is 502 g/mol. The summed E-state index contributed by atoms with van der Waals surface area (Å²) < 4.78 is 10.7. The van der Waals surface area contributed by atoms with Crippen LogP contribution in [0, 0.1) is 5.92 Å². The van der Waals surface area contributed by atoms with Gasteiger partial charge in [0.2, 0.25) is 5.91 Å². The van der Waals surface area contributed by atoms with Crippen molar-refractivity contribution < 1.29 is 33.8 Å². The van der Waals surface area contributed by atoms with Crippen molar-refractivity contribution in [1.29, 1.82) is 0 Å². The molecule has 10 heteroatoms. The minimum absolute atomic E-state index is 0.0118. The molecule has 0 saturated heterocycles. The number of carboxylic acids is 1. The number of carboxylic acid groups (broad SMARTS) is 1. The van der Waals surface area contributed by atoms with Crippen LogP contribution in [0.25, 0.3) is 0 Å². The highest BCUT2D eigenvalue weighted by Crippen LogP contribution is 2.13. The first-order valence-corrected chi connectivity index (χ1v) is 12.3. The van der Waals surface area contributed by atoms with E-state index in [-0.39, 0.29) is 26.2 Å². The average molecular weight is 534 g/mol. The van der Waals surface area contributed by atoms with Gasteiger partial charge in [0.1, 0.15) is 12.6 Å². The number of nitrogens with one attached hydrogen (secondary N) is 2. The van der Waals surface area contributed by atoms with E-state index < -0.39 is 41.9 Å². The van der Waals surface area contributed by atoms with Gasteiger partial charge < -0.3 is 25.6 Å². The Morgan fingerprint density at radius 3 is 1.79 bits per heavy atom. The lowest BCUT2D eigenvalue weighted by molar-refractivity contribution is -0.145. The number of carbonyl (C=O) groups is 4. The molecule has 3 rings (SSSR count). The summed E-state index contributed by atoms with van der Waals surface area (Å²) in [7, 11) is 0. The second kappa shape index (κ2) is 15.0. The number of ether oxygens (including phenoxy) is 2. The lowest BCUT2D eigenvalue weighted by Crippen LogP contribution is -2.57. The van der Waals surface area contributed by atoms with Gasteiger partial charge in [-0.05, 0) is 23.1 Å². The lowest BCUT2D eigenvalue weighted by Gasteiger charge is -2.23. The molecule has 0 aliphatic heterocycles. The molecule has 39 heavy (non-hydrogen) atoms. The first-order valence-electron chi connectivity index (χ1n) is 12.3. The summed E-state index contributed by atoms with van der Waals surface area (Å²) >= 11 is 0. The predicted octanol–water partition coefficient (Wildman–Crippen LogP) is 2.41. The summed E-state index contributed by atoms with van der Waals surface area (Å²) in [5, 5.41) is 14.2. The normalized spacial score (nSPS) is 12.9. The van der Waals surface area contributed by atoms with E-state index in [0.717, 1.165) is 11.1 Å². The van der Waals surface area contributed by atoms with Crippen molar-refractivity contribution in [3.63, 3.8) is 0 Å². The zero-order valence-corrected chi connectivity index (χ0v) is 21.2. The molecule has 0 fully saturated rings. The van der Waals surface area contributed by atoms with Gasteiger partial charge in [-0.3, -0.25) is 19.7 Å². The van der Waals surface area contributed by atoms with Gasteiger partial charge >= 0.3 is 12.1 Å². The zero-order valence-electron chi connectivity index (χ0n) is 21.2. The Labute approximate surface area is 226 Å². The number of alkyl carbamates (subject to hydrolysis) is 1. The summed E-state index contributed by atoms with van der Waals surface area (Å²) in [6.45, 7) is -0.232. The summed E-state index contributed by atoms with van der Waals surface area (Å²) in [5.41, 5.74) is 8.28. The Morgan fingerprint density at radius 1 is 0.744 bits per heavy atom. The number of amides is 3. The van der Waals surface area contributed by atoms with Crippen LogP contribution >= 0.6 is 0 Å². The van der Waals surface area contributed by atoms with Crippen molar-refractivity contribution in [2.45, 2.75) is 31.7 Å². The van der Waals surface area contributed by atoms with Crippen molar-refractivity contribution in [2.24, 2.45) is 11.7 Å². The molecule has 0 bridgehead atoms. The number of hydrogen-bond acceptors (Lipinski definition) is 7. The molecule has 0 aromatic heterocycles. The van der Waals surface area contributed by atoms with Crippen LogP contribution in [0.3, 0.4) is 0 Å². The fraction of sp³-hybridized carbons (Fsp3) is 0.241. The summed E-state index contributed by atoms with van der Waals surface area (Å²) in [4.78, 5) is 50.0. The molecule has 3 aromatic carbocycles. The van der Waals surface area contributed by atoms with Crippen LogP contribution in [-0.2, 0) is 43.5 Å². The number of hydrogen-bond donors (Lipinski definition) is 4. The van der Waals surface area contributed by atoms with Gasteiger partial charge in [-0.15, -0.1) is 0 Å². The number of nitrogens with two attached hydrogens (primary N) is 1. The highest BCUT2D eigenvalue weighted by molar-refractivity contribution is 5.98. The number of rotatable bonds is 13. The van der Waals surface area contributed by atoms with Crippen molar-refractivity contribution in [3.05, 3.63) is 108 Å². The van der Waals surface area contributed by atoms with Gasteiger partial charge in [0.25, 0.3) is 5.91 Å². The monoisotopic (exact) mass is 533 g/mol. The maximum Gasteiger partial charge on any atom is 0.414 e. The van der Waals surface area contributed by atoms with E-state index in [0.29, 0.717) is 5.56 Å². The summed E-state index contributed by atoms with van der Waals surface area (Å²) in [5.74, 6) is -4.28. The smallest absolute Gasteiger partial charge is 0.414 e. The van der Waals surface area contributed by atoms with Crippen LogP contribution < -0.4 is 16.4 Å². The van der Waals surface area contributed by atoms with Crippen LogP contribution in [0.4, 0.5) is 4.79 Å². The molecular formula is C29H31N3O7. The Morgan fingerprint density at radius 2 is 1.26 bits per heavy atom. The van der Waals surface area contributed by atoms with Gasteiger partial charge in [0.05, 0.1) is 25.2 Å². The van der Waals surface area contributed by atoms with E-state index in [4.69, 9.17) is 15.2 Å². The quantitative estimate of drug-likeness (QED) is 0.261. The van der Waals surface area contributed by atoms with Gasteiger partial charge in [-0.1, -0.05) is 91.0 Å². The molecule has 204 valence electrons. The van der Waals surface area contributed by atoms with Crippen LogP contribution in [-0.4, -0.2) is 47.7 Å². The standard InChI is InChI=1S/C29H31N3O7/c30-25(23(28(35)36)16-20-10-4-1-5-11-20)27(34)31-24(19-38-17-21-12-6-2-7-13-21)26(33)32-29(37)39-18-22-14-8-3-9-15-22/h1-15,23-25H,16-19,30H2,(H,31,34)(H,35,36)(H,32,33,37)/t23?,24-,25+/m1/s1. The van der Waals surface area contributed by atoms with Gasteiger partial charge in [0, 0.05) is 0 Å².